The second-order valence-electron chi connectivity index (χ2n) is 5.05. The van der Waals surface area contributed by atoms with Crippen LogP contribution in [-0.4, -0.2) is 26.7 Å². The fraction of sp³-hybridized carbons (Fsp3) is 0.235. The van der Waals surface area contributed by atoms with Crippen LogP contribution in [0.15, 0.2) is 30.3 Å². The maximum absolute atomic E-state index is 13.3. The SMILES string of the molecule is COc1cc(NC(=O)CNc2cc(F)ccc2C)c(OC)cc1Cl. The van der Waals surface area contributed by atoms with E-state index < -0.39 is 0 Å². The molecule has 2 aromatic carbocycles. The zero-order valence-electron chi connectivity index (χ0n) is 13.6. The lowest BCUT2D eigenvalue weighted by atomic mass is 10.2. The van der Waals surface area contributed by atoms with Gasteiger partial charge in [0.05, 0.1) is 31.5 Å². The molecule has 0 saturated carbocycles. The first kappa shape index (κ1) is 17.9. The van der Waals surface area contributed by atoms with Crippen molar-refractivity contribution in [1.82, 2.24) is 0 Å². The highest BCUT2D eigenvalue weighted by Gasteiger charge is 2.13. The van der Waals surface area contributed by atoms with Crippen molar-refractivity contribution in [3.63, 3.8) is 0 Å². The number of methoxy groups -OCH3 is 2. The number of amides is 1. The Balaban J connectivity index is 2.08. The van der Waals surface area contributed by atoms with Gasteiger partial charge in [0.15, 0.2) is 0 Å². The Bertz CT molecular complexity index is 753. The lowest BCUT2D eigenvalue weighted by molar-refractivity contribution is -0.114. The van der Waals surface area contributed by atoms with Gasteiger partial charge in [0, 0.05) is 17.8 Å². The predicted molar refractivity (Wildman–Crippen MR) is 92.8 cm³/mol. The molecule has 24 heavy (non-hydrogen) atoms. The van der Waals surface area contributed by atoms with Crippen molar-refractivity contribution < 1.29 is 18.7 Å². The third-order valence-corrected chi connectivity index (χ3v) is 3.68. The molecule has 0 radical (unpaired) electrons. The lowest BCUT2D eigenvalue weighted by Crippen LogP contribution is -2.22. The van der Waals surface area contributed by atoms with Gasteiger partial charge in [-0.05, 0) is 24.6 Å². The molecule has 0 heterocycles. The Hall–Kier alpha value is -2.47. The summed E-state index contributed by atoms with van der Waals surface area (Å²) in [5.41, 5.74) is 1.84. The first-order valence-corrected chi connectivity index (χ1v) is 7.53. The van der Waals surface area contributed by atoms with Gasteiger partial charge < -0.3 is 20.1 Å². The van der Waals surface area contributed by atoms with Gasteiger partial charge >= 0.3 is 0 Å². The summed E-state index contributed by atoms with van der Waals surface area (Å²) in [5.74, 6) is 0.145. The molecule has 2 rings (SSSR count). The normalized spacial score (nSPS) is 10.2. The quantitative estimate of drug-likeness (QED) is 0.829. The molecule has 2 aromatic rings. The summed E-state index contributed by atoms with van der Waals surface area (Å²) in [6.45, 7) is 1.80. The van der Waals surface area contributed by atoms with Crippen LogP contribution < -0.4 is 20.1 Å². The summed E-state index contributed by atoms with van der Waals surface area (Å²) in [7, 11) is 2.95. The molecule has 128 valence electrons. The van der Waals surface area contributed by atoms with Gasteiger partial charge in [-0.25, -0.2) is 4.39 Å². The Morgan fingerprint density at radius 3 is 2.50 bits per heavy atom. The minimum Gasteiger partial charge on any atom is -0.495 e. The molecule has 2 N–H and O–H groups in total. The number of hydrogen-bond donors (Lipinski definition) is 2. The molecular weight excluding hydrogens is 335 g/mol. The summed E-state index contributed by atoms with van der Waals surface area (Å²) < 4.78 is 23.6. The van der Waals surface area contributed by atoms with Crippen LogP contribution in [0, 0.1) is 12.7 Å². The van der Waals surface area contributed by atoms with Crippen LogP contribution in [0.25, 0.3) is 0 Å². The molecule has 5 nitrogen and oxygen atoms in total. The average molecular weight is 353 g/mol. The van der Waals surface area contributed by atoms with E-state index in [0.29, 0.717) is 27.9 Å². The van der Waals surface area contributed by atoms with Gasteiger partial charge in [-0.3, -0.25) is 4.79 Å². The van der Waals surface area contributed by atoms with Gasteiger partial charge in [0.25, 0.3) is 0 Å². The highest BCUT2D eigenvalue weighted by Crippen LogP contribution is 2.35. The summed E-state index contributed by atoms with van der Waals surface area (Å²) >= 11 is 6.02. The molecule has 0 aromatic heterocycles. The number of carbonyl (C=O) groups excluding carboxylic acids is 1. The zero-order chi connectivity index (χ0) is 17.7. The third kappa shape index (κ3) is 4.29. The van der Waals surface area contributed by atoms with Crippen molar-refractivity contribution in [3.05, 3.63) is 46.7 Å². The second-order valence-corrected chi connectivity index (χ2v) is 5.46. The topological polar surface area (TPSA) is 59.6 Å². The Kier molecular flexibility index (Phi) is 5.87. The van der Waals surface area contributed by atoms with E-state index in [1.807, 2.05) is 6.92 Å². The van der Waals surface area contributed by atoms with E-state index in [1.165, 1.54) is 26.4 Å². The van der Waals surface area contributed by atoms with Crippen molar-refractivity contribution in [3.8, 4) is 11.5 Å². The van der Waals surface area contributed by atoms with Gasteiger partial charge in [-0.2, -0.15) is 0 Å². The number of hydrogen-bond acceptors (Lipinski definition) is 4. The van der Waals surface area contributed by atoms with E-state index in [1.54, 1.807) is 18.2 Å². The number of aryl methyl sites for hydroxylation is 1. The summed E-state index contributed by atoms with van der Waals surface area (Å²) in [5, 5.41) is 5.99. The fourth-order valence-corrected chi connectivity index (χ4v) is 2.34. The summed E-state index contributed by atoms with van der Waals surface area (Å²) in [6.07, 6.45) is 0. The van der Waals surface area contributed by atoms with E-state index in [0.717, 1.165) is 5.56 Å². The van der Waals surface area contributed by atoms with Crippen LogP contribution in [0.3, 0.4) is 0 Å². The molecule has 7 heteroatoms. The van der Waals surface area contributed by atoms with Crippen LogP contribution >= 0.6 is 11.6 Å². The molecule has 0 unspecified atom stereocenters. The van der Waals surface area contributed by atoms with Crippen molar-refractivity contribution in [1.29, 1.82) is 0 Å². The number of ether oxygens (including phenoxy) is 2. The van der Waals surface area contributed by atoms with Crippen LogP contribution in [0.2, 0.25) is 5.02 Å². The van der Waals surface area contributed by atoms with E-state index in [2.05, 4.69) is 10.6 Å². The van der Waals surface area contributed by atoms with Gasteiger partial charge in [0.2, 0.25) is 5.91 Å². The second kappa shape index (κ2) is 7.88. The number of nitrogens with one attached hydrogen (secondary N) is 2. The molecule has 0 fully saturated rings. The number of rotatable bonds is 6. The van der Waals surface area contributed by atoms with E-state index in [-0.39, 0.29) is 18.3 Å². The zero-order valence-corrected chi connectivity index (χ0v) is 14.3. The van der Waals surface area contributed by atoms with Crippen LogP contribution in [0.5, 0.6) is 11.5 Å². The molecule has 0 spiro atoms. The largest absolute Gasteiger partial charge is 0.495 e. The van der Waals surface area contributed by atoms with E-state index >= 15 is 0 Å². The van der Waals surface area contributed by atoms with Crippen molar-refractivity contribution in [2.75, 3.05) is 31.4 Å². The van der Waals surface area contributed by atoms with Crippen molar-refractivity contribution in [2.45, 2.75) is 6.92 Å². The average Bonchev–Trinajstić information content (AvgIpc) is 2.56. The highest BCUT2D eigenvalue weighted by atomic mass is 35.5. The monoisotopic (exact) mass is 352 g/mol. The minimum atomic E-state index is -0.368. The van der Waals surface area contributed by atoms with Crippen molar-refractivity contribution >= 4 is 28.9 Å². The Morgan fingerprint density at radius 2 is 1.83 bits per heavy atom. The van der Waals surface area contributed by atoms with E-state index in [4.69, 9.17) is 21.1 Å². The van der Waals surface area contributed by atoms with Gasteiger partial charge in [-0.1, -0.05) is 17.7 Å². The van der Waals surface area contributed by atoms with Gasteiger partial charge in [-0.15, -0.1) is 0 Å². The van der Waals surface area contributed by atoms with Crippen LogP contribution in [-0.2, 0) is 4.79 Å². The number of benzene rings is 2. The molecule has 0 atom stereocenters. The predicted octanol–water partition coefficient (Wildman–Crippen LogP) is 3.86. The smallest absolute Gasteiger partial charge is 0.243 e. The molecule has 0 bridgehead atoms. The number of anilines is 2. The Morgan fingerprint density at radius 1 is 1.12 bits per heavy atom. The fourth-order valence-electron chi connectivity index (χ4n) is 2.11. The third-order valence-electron chi connectivity index (χ3n) is 3.39. The molecule has 0 aliphatic heterocycles. The van der Waals surface area contributed by atoms with Crippen molar-refractivity contribution in [2.24, 2.45) is 0 Å². The molecular formula is C17H18ClFN2O3. The summed E-state index contributed by atoms with van der Waals surface area (Å²) in [6, 6.07) is 7.48. The minimum absolute atomic E-state index is 0.0294. The highest BCUT2D eigenvalue weighted by molar-refractivity contribution is 6.32. The number of halogens is 2. The molecule has 0 aliphatic carbocycles. The van der Waals surface area contributed by atoms with E-state index in [9.17, 15) is 9.18 Å². The lowest BCUT2D eigenvalue weighted by Gasteiger charge is -2.14. The molecule has 1 amide bonds. The van der Waals surface area contributed by atoms with Crippen LogP contribution in [0.4, 0.5) is 15.8 Å². The molecule has 0 saturated heterocycles. The van der Waals surface area contributed by atoms with Crippen LogP contribution in [0.1, 0.15) is 5.56 Å². The maximum Gasteiger partial charge on any atom is 0.243 e. The van der Waals surface area contributed by atoms with Gasteiger partial charge in [0.1, 0.15) is 17.3 Å². The standard InChI is InChI=1S/C17H18ClFN2O3/c1-10-4-5-11(19)6-13(10)20-9-17(22)21-14-8-15(23-2)12(18)7-16(14)24-3/h4-8,20H,9H2,1-3H3,(H,21,22). The first-order valence-electron chi connectivity index (χ1n) is 7.16. The first-order chi connectivity index (χ1) is 11.4. The summed E-state index contributed by atoms with van der Waals surface area (Å²) in [4.78, 5) is 12.1. The Labute approximate surface area is 144 Å². The maximum atomic E-state index is 13.3. The molecule has 0 aliphatic rings. The number of carbonyl (C=O) groups is 1.